The molecule has 0 aliphatic rings. The Kier molecular flexibility index (Phi) is 4.10. The molecule has 6 heteroatoms. The second-order valence-electron chi connectivity index (χ2n) is 3.69. The van der Waals surface area contributed by atoms with Crippen LogP contribution in [0, 0.1) is 0 Å². The van der Waals surface area contributed by atoms with Crippen LogP contribution in [0.15, 0.2) is 49.2 Å². The Bertz CT molecular complexity index is 564. The highest BCUT2D eigenvalue weighted by molar-refractivity contribution is 6.30. The van der Waals surface area contributed by atoms with Crippen molar-refractivity contribution >= 4 is 29.1 Å². The molecule has 0 saturated carbocycles. The summed E-state index contributed by atoms with van der Waals surface area (Å²) in [6.07, 6.45) is 1.10. The van der Waals surface area contributed by atoms with Gasteiger partial charge in [0.05, 0.1) is 11.4 Å². The predicted molar refractivity (Wildman–Crippen MR) is 74.5 cm³/mol. The average Bonchev–Trinajstić information content (AvgIpc) is 2.93. The molecule has 5 nitrogen and oxygen atoms in total. The molecule has 0 atom stereocenters. The topological polar surface area (TPSA) is 66.2 Å². The summed E-state index contributed by atoms with van der Waals surface area (Å²) in [6.45, 7) is 3.72. The summed E-state index contributed by atoms with van der Waals surface area (Å²) in [4.78, 5) is 19.2. The van der Waals surface area contributed by atoms with E-state index < -0.39 is 6.09 Å². The number of aromatic amines is 1. The lowest BCUT2D eigenvalue weighted by Crippen LogP contribution is -2.22. The van der Waals surface area contributed by atoms with Crippen LogP contribution in [0.2, 0.25) is 5.02 Å². The van der Waals surface area contributed by atoms with Crippen LogP contribution >= 0.6 is 11.6 Å². The van der Waals surface area contributed by atoms with Crippen LogP contribution in [0.5, 0.6) is 0 Å². The molecule has 3 N–H and O–H groups in total. The number of aromatic nitrogens is 1. The molecule has 1 aromatic carbocycles. The minimum Gasteiger partial charge on any atom is -0.360 e. The predicted octanol–water partition coefficient (Wildman–Crippen LogP) is 3.39. The maximum absolute atomic E-state index is 11.5. The lowest BCUT2D eigenvalue weighted by molar-refractivity contribution is 0.131. The number of amides is 1. The van der Waals surface area contributed by atoms with Crippen LogP contribution in [0.25, 0.3) is 5.70 Å². The molecule has 0 radical (unpaired) electrons. The maximum atomic E-state index is 11.5. The Balaban J connectivity index is 1.82. The third kappa shape index (κ3) is 3.79. The van der Waals surface area contributed by atoms with Gasteiger partial charge in [-0.3, -0.25) is 5.32 Å². The fraction of sp³-hybridized carbons (Fsp3) is 0. The van der Waals surface area contributed by atoms with E-state index in [4.69, 9.17) is 16.4 Å². The third-order valence-corrected chi connectivity index (χ3v) is 2.53. The molecular formula is C13H12ClN3O2. The summed E-state index contributed by atoms with van der Waals surface area (Å²) < 4.78 is 0. The number of benzene rings is 1. The van der Waals surface area contributed by atoms with E-state index in [1.165, 1.54) is 0 Å². The Morgan fingerprint density at radius 2 is 2.00 bits per heavy atom. The molecule has 0 aliphatic carbocycles. The second-order valence-corrected chi connectivity index (χ2v) is 4.12. The zero-order valence-corrected chi connectivity index (χ0v) is 10.7. The van der Waals surface area contributed by atoms with Gasteiger partial charge in [-0.05, 0) is 36.4 Å². The number of hydrogen-bond donors (Lipinski definition) is 3. The number of nitrogens with one attached hydrogen (secondary N) is 3. The van der Waals surface area contributed by atoms with Gasteiger partial charge in [0, 0.05) is 16.9 Å². The number of rotatable bonds is 4. The molecule has 98 valence electrons. The lowest BCUT2D eigenvalue weighted by Gasteiger charge is -2.09. The summed E-state index contributed by atoms with van der Waals surface area (Å²) >= 11 is 5.74. The molecular weight excluding hydrogens is 266 g/mol. The van der Waals surface area contributed by atoms with Gasteiger partial charge in [-0.15, -0.1) is 0 Å². The van der Waals surface area contributed by atoms with Crippen molar-refractivity contribution in [2.75, 3.05) is 5.32 Å². The van der Waals surface area contributed by atoms with Crippen LogP contribution in [-0.4, -0.2) is 11.1 Å². The van der Waals surface area contributed by atoms with Crippen LogP contribution in [-0.2, 0) is 4.84 Å². The number of carbonyl (C=O) groups excluding carboxylic acids is 1. The molecule has 0 aliphatic heterocycles. The SMILES string of the molecule is C=C(NOC(=O)Nc1ccc(Cl)cc1)c1ccc[nH]1. The van der Waals surface area contributed by atoms with Gasteiger partial charge in [0.2, 0.25) is 0 Å². The van der Waals surface area contributed by atoms with Gasteiger partial charge in [-0.25, -0.2) is 10.3 Å². The normalized spacial score (nSPS) is 9.74. The van der Waals surface area contributed by atoms with Gasteiger partial charge in [0.1, 0.15) is 0 Å². The van der Waals surface area contributed by atoms with Crippen LogP contribution in [0.1, 0.15) is 5.69 Å². The van der Waals surface area contributed by atoms with Crippen LogP contribution in [0.3, 0.4) is 0 Å². The Labute approximate surface area is 115 Å². The van der Waals surface area contributed by atoms with E-state index in [1.807, 2.05) is 6.07 Å². The second kappa shape index (κ2) is 5.97. The number of hydroxylamine groups is 1. The summed E-state index contributed by atoms with van der Waals surface area (Å²) in [7, 11) is 0. The van der Waals surface area contributed by atoms with Crippen molar-refractivity contribution in [1.82, 2.24) is 10.5 Å². The van der Waals surface area contributed by atoms with Crippen molar-refractivity contribution in [3.8, 4) is 0 Å². The van der Waals surface area contributed by atoms with Crippen molar-refractivity contribution in [2.24, 2.45) is 0 Å². The van der Waals surface area contributed by atoms with Crippen LogP contribution < -0.4 is 10.8 Å². The first-order chi connectivity index (χ1) is 9.15. The Hall–Kier alpha value is -2.40. The van der Waals surface area contributed by atoms with E-state index in [0.29, 0.717) is 16.4 Å². The van der Waals surface area contributed by atoms with Gasteiger partial charge in [-0.2, -0.15) is 0 Å². The molecule has 0 unspecified atom stereocenters. The highest BCUT2D eigenvalue weighted by Crippen LogP contribution is 2.13. The molecule has 0 spiro atoms. The smallest absolute Gasteiger partial charge is 0.360 e. The first-order valence-corrected chi connectivity index (χ1v) is 5.85. The fourth-order valence-corrected chi connectivity index (χ4v) is 1.48. The van der Waals surface area contributed by atoms with Crippen molar-refractivity contribution in [3.63, 3.8) is 0 Å². The van der Waals surface area contributed by atoms with Crippen molar-refractivity contribution in [2.45, 2.75) is 0 Å². The molecule has 1 aromatic heterocycles. The van der Waals surface area contributed by atoms with E-state index in [-0.39, 0.29) is 0 Å². The third-order valence-electron chi connectivity index (χ3n) is 2.28. The number of carbonyl (C=O) groups is 1. The van der Waals surface area contributed by atoms with E-state index in [0.717, 1.165) is 5.69 Å². The molecule has 0 fully saturated rings. The van der Waals surface area contributed by atoms with E-state index in [2.05, 4.69) is 22.4 Å². The minimum atomic E-state index is -0.643. The van der Waals surface area contributed by atoms with Gasteiger partial charge >= 0.3 is 6.09 Å². The summed E-state index contributed by atoms with van der Waals surface area (Å²) in [5.41, 5.74) is 4.23. The number of H-pyrrole nitrogens is 1. The Morgan fingerprint density at radius 1 is 1.26 bits per heavy atom. The van der Waals surface area contributed by atoms with Crippen molar-refractivity contribution in [1.29, 1.82) is 0 Å². The molecule has 1 amide bonds. The first-order valence-electron chi connectivity index (χ1n) is 5.47. The lowest BCUT2D eigenvalue weighted by atomic mass is 10.3. The van der Waals surface area contributed by atoms with E-state index in [1.54, 1.807) is 36.5 Å². The van der Waals surface area contributed by atoms with Crippen molar-refractivity contribution in [3.05, 3.63) is 59.9 Å². The molecule has 1 heterocycles. The van der Waals surface area contributed by atoms with Gasteiger partial charge in [0.15, 0.2) is 0 Å². The van der Waals surface area contributed by atoms with Crippen LogP contribution in [0.4, 0.5) is 10.5 Å². The first kappa shape index (κ1) is 13.0. The monoisotopic (exact) mass is 277 g/mol. The summed E-state index contributed by atoms with van der Waals surface area (Å²) in [5, 5.41) is 3.13. The van der Waals surface area contributed by atoms with E-state index in [9.17, 15) is 4.79 Å². The quantitative estimate of drug-likeness (QED) is 0.751. The molecule has 19 heavy (non-hydrogen) atoms. The highest BCUT2D eigenvalue weighted by Gasteiger charge is 2.05. The molecule has 0 bridgehead atoms. The zero-order valence-electron chi connectivity index (χ0n) is 9.94. The van der Waals surface area contributed by atoms with Gasteiger partial charge in [0.25, 0.3) is 0 Å². The average molecular weight is 278 g/mol. The van der Waals surface area contributed by atoms with Gasteiger partial charge < -0.3 is 9.82 Å². The van der Waals surface area contributed by atoms with Gasteiger partial charge in [-0.1, -0.05) is 18.2 Å². The van der Waals surface area contributed by atoms with E-state index >= 15 is 0 Å². The largest absolute Gasteiger partial charge is 0.435 e. The molecule has 2 rings (SSSR count). The Morgan fingerprint density at radius 3 is 2.63 bits per heavy atom. The van der Waals surface area contributed by atoms with Crippen molar-refractivity contribution < 1.29 is 9.63 Å². The number of anilines is 1. The summed E-state index contributed by atoms with van der Waals surface area (Å²) in [5.74, 6) is 0. The zero-order chi connectivity index (χ0) is 13.7. The number of halogens is 1. The maximum Gasteiger partial charge on any atom is 0.435 e. The number of hydrogen-bond acceptors (Lipinski definition) is 3. The molecule has 0 saturated heterocycles. The highest BCUT2D eigenvalue weighted by atomic mass is 35.5. The summed E-state index contributed by atoms with van der Waals surface area (Å²) in [6, 6.07) is 10.3. The standard InChI is InChI=1S/C13H12ClN3O2/c1-9(12-3-2-8-15-12)17-19-13(18)16-11-6-4-10(14)5-7-11/h2-8,15,17H,1H2,(H,16,18). The fourth-order valence-electron chi connectivity index (χ4n) is 1.36. The minimum absolute atomic E-state index is 0.455. The molecule has 2 aromatic rings.